The topological polar surface area (TPSA) is 86.8 Å². The summed E-state index contributed by atoms with van der Waals surface area (Å²) in [7, 11) is -3.68. The summed E-state index contributed by atoms with van der Waals surface area (Å²) in [6, 6.07) is 10.5. The Morgan fingerprint density at radius 3 is 2.39 bits per heavy atom. The number of carbonyl (C=O) groups excluding carboxylic acids is 2. The van der Waals surface area contributed by atoms with Crippen molar-refractivity contribution in [2.45, 2.75) is 56.8 Å². The number of fused-ring (bicyclic) bond motifs is 1. The molecule has 0 atom stereocenters. The van der Waals surface area contributed by atoms with E-state index in [1.165, 1.54) is 4.31 Å². The van der Waals surface area contributed by atoms with Crippen molar-refractivity contribution in [2.75, 3.05) is 29.9 Å². The molecule has 2 fully saturated rings. The van der Waals surface area contributed by atoms with Crippen molar-refractivity contribution in [3.8, 4) is 0 Å². The van der Waals surface area contributed by atoms with Crippen molar-refractivity contribution in [1.82, 2.24) is 4.31 Å². The summed E-state index contributed by atoms with van der Waals surface area (Å²) in [5, 5.41) is 3.50. The van der Waals surface area contributed by atoms with Gasteiger partial charge in [0.25, 0.3) is 0 Å². The smallest absolute Gasteiger partial charge is 0.243 e. The van der Waals surface area contributed by atoms with Crippen LogP contribution in [0.15, 0.2) is 41.3 Å². The molecule has 2 aromatic rings. The average molecular weight is 530 g/mol. The van der Waals surface area contributed by atoms with E-state index in [-0.39, 0.29) is 28.5 Å². The zero-order valence-corrected chi connectivity index (χ0v) is 22.1. The molecule has 0 aromatic heterocycles. The number of anilines is 2. The molecule has 36 heavy (non-hydrogen) atoms. The molecule has 2 aromatic carbocycles. The van der Waals surface area contributed by atoms with Gasteiger partial charge in [-0.2, -0.15) is 4.31 Å². The van der Waals surface area contributed by atoms with E-state index in [2.05, 4.69) is 5.32 Å². The number of halogens is 1. The van der Waals surface area contributed by atoms with E-state index in [4.69, 9.17) is 11.6 Å². The molecule has 192 valence electrons. The highest BCUT2D eigenvalue weighted by Crippen LogP contribution is 2.36. The monoisotopic (exact) mass is 529 g/mol. The molecule has 0 unspecified atom stereocenters. The number of sulfonamides is 1. The highest BCUT2D eigenvalue weighted by atomic mass is 35.5. The van der Waals surface area contributed by atoms with Crippen LogP contribution >= 0.6 is 11.6 Å². The number of nitrogens with one attached hydrogen (secondary N) is 1. The van der Waals surface area contributed by atoms with Crippen LogP contribution in [0.25, 0.3) is 0 Å². The van der Waals surface area contributed by atoms with Gasteiger partial charge in [-0.25, -0.2) is 8.42 Å². The first kappa shape index (κ1) is 25.2. The minimum Gasteiger partial charge on any atom is -0.326 e. The Labute approximate surface area is 217 Å². The second-order valence-corrected chi connectivity index (χ2v) is 12.5. The highest BCUT2D eigenvalue weighted by molar-refractivity contribution is 7.89. The number of hydrogen-bond acceptors (Lipinski definition) is 4. The minimum atomic E-state index is -3.68. The fraction of sp³-hybridized carbons (Fsp3) is 0.481. The van der Waals surface area contributed by atoms with Gasteiger partial charge in [0.2, 0.25) is 21.8 Å². The molecule has 0 radical (unpaired) electrons. The van der Waals surface area contributed by atoms with Gasteiger partial charge in [-0.1, -0.05) is 24.1 Å². The van der Waals surface area contributed by atoms with Crippen molar-refractivity contribution in [3.63, 3.8) is 0 Å². The van der Waals surface area contributed by atoms with Gasteiger partial charge in [-0.15, -0.1) is 0 Å². The Balaban J connectivity index is 1.25. The third-order valence-corrected chi connectivity index (χ3v) is 9.94. The normalized spacial score (nSPS) is 19.4. The maximum absolute atomic E-state index is 13.4. The molecule has 1 saturated carbocycles. The Kier molecular flexibility index (Phi) is 7.12. The van der Waals surface area contributed by atoms with E-state index in [0.717, 1.165) is 48.9 Å². The number of carbonyl (C=O) groups is 2. The molecule has 1 saturated heterocycles. The van der Waals surface area contributed by atoms with Crippen LogP contribution in [0.4, 0.5) is 11.4 Å². The molecule has 7 nitrogen and oxygen atoms in total. The SMILES string of the molecule is Cc1ccc(Cl)cc1NC(=O)C1CCN(S(=O)(=O)c2ccc3c(c2)CCCN3C(=O)C2CCC2)CC1. The van der Waals surface area contributed by atoms with E-state index in [1.54, 1.807) is 30.3 Å². The summed E-state index contributed by atoms with van der Waals surface area (Å²) in [6.45, 7) is 3.18. The van der Waals surface area contributed by atoms with Crippen molar-refractivity contribution < 1.29 is 18.0 Å². The lowest BCUT2D eigenvalue weighted by atomic mass is 9.83. The molecule has 2 aliphatic heterocycles. The molecule has 3 aliphatic rings. The summed E-state index contributed by atoms with van der Waals surface area (Å²) in [5.41, 5.74) is 3.37. The van der Waals surface area contributed by atoms with Crippen LogP contribution in [-0.2, 0) is 26.0 Å². The van der Waals surface area contributed by atoms with Crippen LogP contribution in [0.3, 0.4) is 0 Å². The Morgan fingerprint density at radius 2 is 1.69 bits per heavy atom. The molecular weight excluding hydrogens is 498 g/mol. The van der Waals surface area contributed by atoms with Crippen LogP contribution < -0.4 is 10.2 Å². The lowest BCUT2D eigenvalue weighted by Gasteiger charge is -2.35. The Hall–Kier alpha value is -2.42. The first-order valence-electron chi connectivity index (χ1n) is 12.8. The molecule has 2 heterocycles. The zero-order chi connectivity index (χ0) is 25.4. The summed E-state index contributed by atoms with van der Waals surface area (Å²) < 4.78 is 28.3. The van der Waals surface area contributed by atoms with Gasteiger partial charge in [0.15, 0.2) is 0 Å². The van der Waals surface area contributed by atoms with E-state index in [1.807, 2.05) is 17.9 Å². The third-order valence-electron chi connectivity index (χ3n) is 7.81. The fourth-order valence-corrected chi connectivity index (χ4v) is 7.00. The maximum atomic E-state index is 13.4. The molecule has 0 spiro atoms. The number of benzene rings is 2. The molecule has 2 amide bonds. The molecule has 0 bridgehead atoms. The van der Waals surface area contributed by atoms with Crippen LogP contribution in [0.5, 0.6) is 0 Å². The lowest BCUT2D eigenvalue weighted by Crippen LogP contribution is -2.42. The Bertz CT molecular complexity index is 1280. The Morgan fingerprint density at radius 1 is 0.944 bits per heavy atom. The summed E-state index contributed by atoms with van der Waals surface area (Å²) in [4.78, 5) is 27.8. The molecule has 5 rings (SSSR count). The first-order valence-corrected chi connectivity index (χ1v) is 14.6. The lowest BCUT2D eigenvalue weighted by molar-refractivity contribution is -0.124. The predicted octanol–water partition coefficient (Wildman–Crippen LogP) is 4.77. The van der Waals surface area contributed by atoms with Gasteiger partial charge in [0.1, 0.15) is 0 Å². The van der Waals surface area contributed by atoms with Crippen molar-refractivity contribution >= 4 is 44.8 Å². The minimum absolute atomic E-state index is 0.109. The second-order valence-electron chi connectivity index (χ2n) is 10.1. The van der Waals surface area contributed by atoms with Crippen LogP contribution in [0.1, 0.15) is 49.7 Å². The highest BCUT2D eigenvalue weighted by Gasteiger charge is 2.35. The van der Waals surface area contributed by atoms with Gasteiger partial charge in [0.05, 0.1) is 4.90 Å². The summed E-state index contributed by atoms with van der Waals surface area (Å²) >= 11 is 6.06. The molecular formula is C27H32ClN3O4S. The van der Waals surface area contributed by atoms with E-state index < -0.39 is 10.0 Å². The first-order chi connectivity index (χ1) is 17.2. The number of nitrogens with zero attached hydrogens (tertiary/aromatic N) is 2. The van der Waals surface area contributed by atoms with Gasteiger partial charge in [-0.05, 0) is 86.9 Å². The van der Waals surface area contributed by atoms with Gasteiger partial charge >= 0.3 is 0 Å². The van der Waals surface area contributed by atoms with E-state index in [9.17, 15) is 18.0 Å². The summed E-state index contributed by atoms with van der Waals surface area (Å²) in [5.74, 6) is -0.0846. The van der Waals surface area contributed by atoms with E-state index >= 15 is 0 Å². The van der Waals surface area contributed by atoms with Crippen molar-refractivity contribution in [2.24, 2.45) is 11.8 Å². The largest absolute Gasteiger partial charge is 0.326 e. The zero-order valence-electron chi connectivity index (χ0n) is 20.5. The number of amides is 2. The maximum Gasteiger partial charge on any atom is 0.243 e. The van der Waals surface area contributed by atoms with E-state index in [0.29, 0.717) is 43.2 Å². The van der Waals surface area contributed by atoms with Crippen LogP contribution in [-0.4, -0.2) is 44.2 Å². The van der Waals surface area contributed by atoms with Crippen LogP contribution in [0, 0.1) is 18.8 Å². The number of hydrogen-bond donors (Lipinski definition) is 1. The number of rotatable bonds is 5. The fourth-order valence-electron chi connectivity index (χ4n) is 5.31. The van der Waals surface area contributed by atoms with Crippen molar-refractivity contribution in [1.29, 1.82) is 0 Å². The molecule has 1 N–H and O–H groups in total. The third kappa shape index (κ3) is 4.91. The number of piperidine rings is 1. The van der Waals surface area contributed by atoms with Crippen LogP contribution in [0.2, 0.25) is 5.02 Å². The van der Waals surface area contributed by atoms with Gasteiger partial charge < -0.3 is 10.2 Å². The average Bonchev–Trinajstić information content (AvgIpc) is 2.84. The predicted molar refractivity (Wildman–Crippen MR) is 141 cm³/mol. The second kappa shape index (κ2) is 10.1. The summed E-state index contributed by atoms with van der Waals surface area (Å²) in [6.07, 6.45) is 5.51. The number of aryl methyl sites for hydroxylation is 2. The molecule has 1 aliphatic carbocycles. The quantitative estimate of drug-likeness (QED) is 0.604. The van der Waals surface area contributed by atoms with Gasteiger partial charge in [-0.3, -0.25) is 9.59 Å². The molecule has 9 heteroatoms. The van der Waals surface area contributed by atoms with Gasteiger partial charge in [0, 0.05) is 47.9 Å². The van der Waals surface area contributed by atoms with Crippen molar-refractivity contribution in [3.05, 3.63) is 52.5 Å². The standard InChI is InChI=1S/C27H32ClN3O4S/c1-18-7-8-22(28)17-24(18)29-26(32)19-11-14-30(15-12-19)36(34,35)23-9-10-25-21(16-23)6-3-13-31(25)27(33)20-4-2-5-20/h7-10,16-17,19-20H,2-6,11-15H2,1H3,(H,29,32).